The molecule has 0 fully saturated rings. The standard InChI is InChI=1S/C17H13F2NO3S/c18-13-3-1-12(2-4-13)17(21)20(15-7-5-14(19)6-8-15)16-9-10-24(22,23)11-16/h1-10,16H,11H2/t16-/m0/s1. The van der Waals surface area contributed by atoms with Crippen LogP contribution in [0, 0.1) is 11.6 Å². The maximum atomic E-state index is 13.2. The molecule has 24 heavy (non-hydrogen) atoms. The van der Waals surface area contributed by atoms with Crippen molar-refractivity contribution < 1.29 is 22.0 Å². The van der Waals surface area contributed by atoms with Crippen LogP contribution in [0.25, 0.3) is 0 Å². The average molecular weight is 349 g/mol. The number of amides is 1. The van der Waals surface area contributed by atoms with Gasteiger partial charge >= 0.3 is 0 Å². The lowest BCUT2D eigenvalue weighted by atomic mass is 10.1. The van der Waals surface area contributed by atoms with Gasteiger partial charge in [-0.05, 0) is 54.6 Å². The summed E-state index contributed by atoms with van der Waals surface area (Å²) in [7, 11) is -3.39. The van der Waals surface area contributed by atoms with Crippen molar-refractivity contribution in [1.29, 1.82) is 0 Å². The van der Waals surface area contributed by atoms with Gasteiger partial charge in [0.15, 0.2) is 9.84 Å². The molecule has 4 nitrogen and oxygen atoms in total. The summed E-state index contributed by atoms with van der Waals surface area (Å²) >= 11 is 0. The van der Waals surface area contributed by atoms with Crippen LogP contribution >= 0.6 is 0 Å². The Bertz CT molecular complexity index is 890. The lowest BCUT2D eigenvalue weighted by molar-refractivity contribution is 0.0983. The summed E-state index contributed by atoms with van der Waals surface area (Å²) < 4.78 is 49.6. The third-order valence-corrected chi connectivity index (χ3v) is 5.04. The second-order valence-corrected chi connectivity index (χ2v) is 7.32. The average Bonchev–Trinajstić information content (AvgIpc) is 2.90. The number of carbonyl (C=O) groups is 1. The summed E-state index contributed by atoms with van der Waals surface area (Å²) in [4.78, 5) is 14.1. The second-order valence-electron chi connectivity index (χ2n) is 5.38. The Labute approximate surface area is 137 Å². The monoisotopic (exact) mass is 349 g/mol. The smallest absolute Gasteiger partial charge is 0.258 e. The Hall–Kier alpha value is -2.54. The van der Waals surface area contributed by atoms with Crippen molar-refractivity contribution in [1.82, 2.24) is 0 Å². The van der Waals surface area contributed by atoms with E-state index in [1.807, 2.05) is 0 Å². The maximum absolute atomic E-state index is 13.2. The van der Waals surface area contributed by atoms with Crippen LogP contribution in [0.3, 0.4) is 0 Å². The molecule has 3 rings (SSSR count). The highest BCUT2D eigenvalue weighted by Gasteiger charge is 2.32. The Morgan fingerprint density at radius 1 is 0.958 bits per heavy atom. The topological polar surface area (TPSA) is 54.5 Å². The van der Waals surface area contributed by atoms with E-state index in [1.54, 1.807) is 0 Å². The van der Waals surface area contributed by atoms with Gasteiger partial charge in [-0.1, -0.05) is 0 Å². The van der Waals surface area contributed by atoms with Gasteiger partial charge in [0.05, 0.1) is 11.8 Å². The van der Waals surface area contributed by atoms with E-state index < -0.39 is 33.4 Å². The van der Waals surface area contributed by atoms with E-state index in [0.29, 0.717) is 5.69 Å². The fourth-order valence-corrected chi connectivity index (χ4v) is 3.78. The van der Waals surface area contributed by atoms with E-state index in [1.165, 1.54) is 47.4 Å². The van der Waals surface area contributed by atoms with Gasteiger partial charge < -0.3 is 4.90 Å². The highest BCUT2D eigenvalue weighted by molar-refractivity contribution is 7.94. The highest BCUT2D eigenvalue weighted by atomic mass is 32.2. The molecule has 0 N–H and O–H groups in total. The number of hydrogen-bond acceptors (Lipinski definition) is 3. The van der Waals surface area contributed by atoms with Crippen molar-refractivity contribution in [3.8, 4) is 0 Å². The van der Waals surface area contributed by atoms with Crippen LogP contribution in [0.15, 0.2) is 60.0 Å². The van der Waals surface area contributed by atoms with Crippen LogP contribution in [-0.4, -0.2) is 26.1 Å². The van der Waals surface area contributed by atoms with Gasteiger partial charge in [-0.3, -0.25) is 4.79 Å². The molecule has 0 aromatic heterocycles. The van der Waals surface area contributed by atoms with Crippen LogP contribution in [-0.2, 0) is 9.84 Å². The first-order chi connectivity index (χ1) is 11.4. The third kappa shape index (κ3) is 3.35. The van der Waals surface area contributed by atoms with Crippen molar-refractivity contribution in [2.45, 2.75) is 6.04 Å². The van der Waals surface area contributed by atoms with Crippen LogP contribution < -0.4 is 4.90 Å². The van der Waals surface area contributed by atoms with Crippen molar-refractivity contribution in [2.75, 3.05) is 10.7 Å². The number of nitrogens with zero attached hydrogens (tertiary/aromatic N) is 1. The molecule has 0 radical (unpaired) electrons. The predicted molar refractivity (Wildman–Crippen MR) is 86.3 cm³/mol. The highest BCUT2D eigenvalue weighted by Crippen LogP contribution is 2.25. The molecule has 1 atom stereocenters. The first-order valence-electron chi connectivity index (χ1n) is 7.11. The zero-order chi connectivity index (χ0) is 17.3. The normalized spacial score (nSPS) is 18.5. The minimum atomic E-state index is -3.39. The fourth-order valence-electron chi connectivity index (χ4n) is 2.51. The minimum absolute atomic E-state index is 0.207. The van der Waals surface area contributed by atoms with Crippen molar-refractivity contribution >= 4 is 21.4 Å². The molecule has 0 saturated heterocycles. The summed E-state index contributed by atoms with van der Waals surface area (Å²) in [6, 6.07) is 9.40. The molecular weight excluding hydrogens is 336 g/mol. The number of carbonyl (C=O) groups excluding carboxylic acids is 1. The lowest BCUT2D eigenvalue weighted by Gasteiger charge is -2.27. The Balaban J connectivity index is 2.01. The van der Waals surface area contributed by atoms with Crippen molar-refractivity contribution in [3.63, 3.8) is 0 Å². The molecule has 0 spiro atoms. The summed E-state index contributed by atoms with van der Waals surface area (Å²) in [6.45, 7) is 0. The largest absolute Gasteiger partial charge is 0.300 e. The number of benzene rings is 2. The first kappa shape index (κ1) is 16.3. The molecule has 1 aliphatic rings. The molecule has 1 amide bonds. The molecule has 0 bridgehead atoms. The predicted octanol–water partition coefficient (Wildman–Crippen LogP) is 2.92. The zero-order valence-electron chi connectivity index (χ0n) is 12.4. The summed E-state index contributed by atoms with van der Waals surface area (Å²) in [5.41, 5.74) is 0.566. The van der Waals surface area contributed by atoms with Gasteiger partial charge in [0.1, 0.15) is 11.6 Å². The lowest BCUT2D eigenvalue weighted by Crippen LogP contribution is -2.41. The molecule has 0 saturated carbocycles. The number of halogens is 2. The van der Waals surface area contributed by atoms with E-state index in [4.69, 9.17) is 0 Å². The van der Waals surface area contributed by atoms with Crippen molar-refractivity contribution in [2.24, 2.45) is 0 Å². The van der Waals surface area contributed by atoms with E-state index >= 15 is 0 Å². The zero-order valence-corrected chi connectivity index (χ0v) is 13.2. The third-order valence-electron chi connectivity index (χ3n) is 3.66. The van der Waals surface area contributed by atoms with Gasteiger partial charge in [-0.25, -0.2) is 17.2 Å². The summed E-state index contributed by atoms with van der Waals surface area (Å²) in [5.74, 6) is -1.70. The van der Waals surface area contributed by atoms with E-state index in [0.717, 1.165) is 17.5 Å². The molecule has 0 unspecified atom stereocenters. The molecule has 7 heteroatoms. The molecule has 124 valence electrons. The van der Waals surface area contributed by atoms with Crippen LogP contribution in [0.5, 0.6) is 0 Å². The molecule has 2 aromatic carbocycles. The number of sulfone groups is 1. The fraction of sp³-hybridized carbons (Fsp3) is 0.118. The Kier molecular flexibility index (Phi) is 4.19. The molecule has 2 aromatic rings. The number of rotatable bonds is 3. The summed E-state index contributed by atoms with van der Waals surface area (Å²) in [5, 5.41) is 1.06. The van der Waals surface area contributed by atoms with Crippen LogP contribution in [0.1, 0.15) is 10.4 Å². The Morgan fingerprint density at radius 2 is 1.50 bits per heavy atom. The van der Waals surface area contributed by atoms with E-state index in [2.05, 4.69) is 0 Å². The van der Waals surface area contributed by atoms with Crippen molar-refractivity contribution in [3.05, 3.63) is 77.2 Å². The van der Waals surface area contributed by atoms with Gasteiger partial charge in [0, 0.05) is 16.7 Å². The maximum Gasteiger partial charge on any atom is 0.258 e. The van der Waals surface area contributed by atoms with Gasteiger partial charge in [-0.2, -0.15) is 0 Å². The Morgan fingerprint density at radius 3 is 2.00 bits per heavy atom. The summed E-state index contributed by atoms with van der Waals surface area (Å²) in [6.07, 6.45) is 1.42. The van der Waals surface area contributed by atoms with E-state index in [-0.39, 0.29) is 11.3 Å². The molecule has 1 heterocycles. The van der Waals surface area contributed by atoms with Gasteiger partial charge in [0.25, 0.3) is 5.91 Å². The van der Waals surface area contributed by atoms with Crippen LogP contribution in [0.4, 0.5) is 14.5 Å². The quantitative estimate of drug-likeness (QED) is 0.856. The van der Waals surface area contributed by atoms with Crippen LogP contribution in [0.2, 0.25) is 0 Å². The molecule has 0 aliphatic carbocycles. The van der Waals surface area contributed by atoms with E-state index in [9.17, 15) is 22.0 Å². The first-order valence-corrected chi connectivity index (χ1v) is 8.83. The van der Waals surface area contributed by atoms with Gasteiger partial charge in [-0.15, -0.1) is 0 Å². The minimum Gasteiger partial charge on any atom is -0.300 e. The molecular formula is C17H13F2NO3S. The molecule has 1 aliphatic heterocycles. The number of anilines is 1. The SMILES string of the molecule is O=C(c1ccc(F)cc1)N(c1ccc(F)cc1)[C@H]1C=CS(=O)(=O)C1. The second kappa shape index (κ2) is 6.16. The number of hydrogen-bond donors (Lipinski definition) is 0. The van der Waals surface area contributed by atoms with Gasteiger partial charge in [0.2, 0.25) is 0 Å².